The van der Waals surface area contributed by atoms with Crippen LogP contribution in [0.25, 0.3) is 0 Å². The van der Waals surface area contributed by atoms with E-state index in [1.165, 1.54) is 18.0 Å². The minimum Gasteiger partial charge on any atom is -0.465 e. The number of nitrogens with two attached hydrogens (primary N) is 1. The molecule has 0 amide bonds. The Morgan fingerprint density at radius 1 is 1.64 bits per heavy atom. The number of hydrogen-bond donors (Lipinski definition) is 1. The highest BCUT2D eigenvalue weighted by molar-refractivity contribution is 6.05. The standard InChI is InChI=1S/C8H11N3O3/c1-11-7(6(12)3-9)5(4-10-11)8(13)14-2/h4H,3,9H2,1-2H3. The van der Waals surface area contributed by atoms with E-state index >= 15 is 0 Å². The molecule has 0 fully saturated rings. The lowest BCUT2D eigenvalue weighted by molar-refractivity contribution is 0.0597. The van der Waals surface area contributed by atoms with Crippen molar-refractivity contribution >= 4 is 11.8 Å². The number of rotatable bonds is 3. The first-order chi connectivity index (χ1) is 6.61. The normalized spacial score (nSPS) is 9.93. The molecule has 6 heteroatoms. The van der Waals surface area contributed by atoms with Crippen molar-refractivity contribution in [3.63, 3.8) is 0 Å². The number of Topliss-reactive ketones (excluding diaryl/α,β-unsaturated/α-hetero) is 1. The Balaban J connectivity index is 3.19. The van der Waals surface area contributed by atoms with E-state index < -0.39 is 5.97 Å². The number of nitrogens with zero attached hydrogens (tertiary/aromatic N) is 2. The molecule has 0 aliphatic carbocycles. The van der Waals surface area contributed by atoms with Gasteiger partial charge in [-0.2, -0.15) is 5.10 Å². The summed E-state index contributed by atoms with van der Waals surface area (Å²) in [6.45, 7) is -0.163. The molecule has 1 rings (SSSR count). The molecule has 0 radical (unpaired) electrons. The van der Waals surface area contributed by atoms with Crippen LogP contribution in [0.4, 0.5) is 0 Å². The summed E-state index contributed by atoms with van der Waals surface area (Å²) in [7, 11) is 2.81. The fourth-order valence-electron chi connectivity index (χ4n) is 1.12. The molecule has 1 aromatic rings. The Labute approximate surface area is 80.6 Å². The first-order valence-corrected chi connectivity index (χ1v) is 3.95. The first kappa shape index (κ1) is 10.4. The third-order valence-corrected chi connectivity index (χ3v) is 1.79. The van der Waals surface area contributed by atoms with Gasteiger partial charge in [0.2, 0.25) is 0 Å². The average molecular weight is 197 g/mol. The van der Waals surface area contributed by atoms with Gasteiger partial charge in [0.1, 0.15) is 11.3 Å². The molecule has 0 unspecified atom stereocenters. The summed E-state index contributed by atoms with van der Waals surface area (Å²) in [5, 5.41) is 3.79. The van der Waals surface area contributed by atoms with Crippen LogP contribution < -0.4 is 5.73 Å². The Bertz CT molecular complexity index is 370. The zero-order valence-electron chi connectivity index (χ0n) is 7.98. The molecule has 0 saturated heterocycles. The van der Waals surface area contributed by atoms with Crippen LogP contribution >= 0.6 is 0 Å². The number of ether oxygens (including phenoxy) is 1. The van der Waals surface area contributed by atoms with Crippen molar-refractivity contribution in [2.24, 2.45) is 12.8 Å². The van der Waals surface area contributed by atoms with Gasteiger partial charge in [0.15, 0.2) is 5.78 Å². The molecule has 6 nitrogen and oxygen atoms in total. The number of aryl methyl sites for hydroxylation is 1. The van der Waals surface area contributed by atoms with Crippen molar-refractivity contribution in [1.82, 2.24) is 9.78 Å². The SMILES string of the molecule is COC(=O)c1cnn(C)c1C(=O)CN. The van der Waals surface area contributed by atoms with Crippen LogP contribution in [-0.4, -0.2) is 35.2 Å². The number of aromatic nitrogens is 2. The summed E-state index contributed by atoms with van der Waals surface area (Å²) < 4.78 is 5.81. The van der Waals surface area contributed by atoms with E-state index in [4.69, 9.17) is 5.73 Å². The third-order valence-electron chi connectivity index (χ3n) is 1.79. The van der Waals surface area contributed by atoms with Gasteiger partial charge in [0, 0.05) is 7.05 Å². The summed E-state index contributed by atoms with van der Waals surface area (Å²) in [6.07, 6.45) is 1.29. The minimum atomic E-state index is -0.588. The van der Waals surface area contributed by atoms with Crippen LogP contribution in [0.1, 0.15) is 20.8 Å². The van der Waals surface area contributed by atoms with Gasteiger partial charge in [-0.15, -0.1) is 0 Å². The van der Waals surface area contributed by atoms with Crippen LogP contribution in [0.2, 0.25) is 0 Å². The third kappa shape index (κ3) is 1.64. The molecule has 0 bridgehead atoms. The predicted octanol–water partition coefficient (Wildman–Crippen LogP) is -0.652. The summed E-state index contributed by atoms with van der Waals surface area (Å²) in [5.74, 6) is -0.930. The van der Waals surface area contributed by atoms with Gasteiger partial charge in [0.25, 0.3) is 0 Å². The predicted molar refractivity (Wildman–Crippen MR) is 47.9 cm³/mol. The smallest absolute Gasteiger partial charge is 0.341 e. The van der Waals surface area contributed by atoms with E-state index in [0.29, 0.717) is 0 Å². The van der Waals surface area contributed by atoms with E-state index in [2.05, 4.69) is 9.84 Å². The van der Waals surface area contributed by atoms with E-state index in [1.54, 1.807) is 7.05 Å². The van der Waals surface area contributed by atoms with Crippen LogP contribution in [0, 0.1) is 0 Å². The van der Waals surface area contributed by atoms with E-state index in [-0.39, 0.29) is 23.6 Å². The van der Waals surface area contributed by atoms with Gasteiger partial charge in [-0.05, 0) is 0 Å². The lowest BCUT2D eigenvalue weighted by atomic mass is 10.2. The molecule has 1 aromatic heterocycles. The van der Waals surface area contributed by atoms with Gasteiger partial charge in [0.05, 0.1) is 19.9 Å². The molecule has 1 heterocycles. The largest absolute Gasteiger partial charge is 0.465 e. The van der Waals surface area contributed by atoms with Crippen molar-refractivity contribution in [3.05, 3.63) is 17.5 Å². The zero-order chi connectivity index (χ0) is 10.7. The monoisotopic (exact) mass is 197 g/mol. The molecule has 0 aromatic carbocycles. The molecular formula is C8H11N3O3. The summed E-state index contributed by atoms with van der Waals surface area (Å²) >= 11 is 0. The molecule has 2 N–H and O–H groups in total. The van der Waals surface area contributed by atoms with Gasteiger partial charge >= 0.3 is 5.97 Å². The maximum atomic E-state index is 11.3. The number of ketones is 1. The molecular weight excluding hydrogens is 186 g/mol. The van der Waals surface area contributed by atoms with Gasteiger partial charge in [-0.1, -0.05) is 0 Å². The Kier molecular flexibility index (Phi) is 2.98. The summed E-state index contributed by atoms with van der Waals surface area (Å²) in [5.41, 5.74) is 5.52. The number of methoxy groups -OCH3 is 1. The number of carbonyl (C=O) groups is 2. The number of carbonyl (C=O) groups excluding carboxylic acids is 2. The summed E-state index contributed by atoms with van der Waals surface area (Å²) in [6, 6.07) is 0. The Morgan fingerprint density at radius 2 is 2.29 bits per heavy atom. The van der Waals surface area contributed by atoms with Gasteiger partial charge < -0.3 is 10.5 Å². The highest BCUT2D eigenvalue weighted by Gasteiger charge is 2.21. The average Bonchev–Trinajstić information content (AvgIpc) is 2.58. The highest BCUT2D eigenvalue weighted by atomic mass is 16.5. The van der Waals surface area contributed by atoms with Crippen molar-refractivity contribution in [2.45, 2.75) is 0 Å². The van der Waals surface area contributed by atoms with Crippen molar-refractivity contribution < 1.29 is 14.3 Å². The lowest BCUT2D eigenvalue weighted by Gasteiger charge is -2.01. The molecule has 0 atom stereocenters. The van der Waals surface area contributed by atoms with Crippen LogP contribution in [0.3, 0.4) is 0 Å². The fraction of sp³-hybridized carbons (Fsp3) is 0.375. The molecule has 0 spiro atoms. The maximum absolute atomic E-state index is 11.3. The molecule has 14 heavy (non-hydrogen) atoms. The number of esters is 1. The second kappa shape index (κ2) is 4.01. The molecule has 0 aliphatic rings. The van der Waals surface area contributed by atoms with Crippen LogP contribution in [0.15, 0.2) is 6.20 Å². The maximum Gasteiger partial charge on any atom is 0.341 e. The molecule has 76 valence electrons. The minimum absolute atomic E-state index is 0.144. The Morgan fingerprint density at radius 3 is 2.79 bits per heavy atom. The van der Waals surface area contributed by atoms with E-state index in [1.807, 2.05) is 0 Å². The van der Waals surface area contributed by atoms with Gasteiger partial charge in [-0.3, -0.25) is 9.48 Å². The fourth-order valence-corrected chi connectivity index (χ4v) is 1.12. The van der Waals surface area contributed by atoms with Gasteiger partial charge in [-0.25, -0.2) is 4.79 Å². The van der Waals surface area contributed by atoms with Crippen molar-refractivity contribution in [2.75, 3.05) is 13.7 Å². The van der Waals surface area contributed by atoms with Crippen molar-refractivity contribution in [3.8, 4) is 0 Å². The summed E-state index contributed by atoms with van der Waals surface area (Å²) in [4.78, 5) is 22.5. The second-order valence-electron chi connectivity index (χ2n) is 2.65. The number of hydrogen-bond acceptors (Lipinski definition) is 5. The van der Waals surface area contributed by atoms with E-state index in [9.17, 15) is 9.59 Å². The lowest BCUT2D eigenvalue weighted by Crippen LogP contribution is -2.20. The topological polar surface area (TPSA) is 87.2 Å². The van der Waals surface area contributed by atoms with Crippen LogP contribution in [-0.2, 0) is 11.8 Å². The first-order valence-electron chi connectivity index (χ1n) is 3.95. The zero-order valence-corrected chi connectivity index (χ0v) is 7.98. The van der Waals surface area contributed by atoms with E-state index in [0.717, 1.165) is 0 Å². The molecule has 0 saturated carbocycles. The highest BCUT2D eigenvalue weighted by Crippen LogP contribution is 2.09. The molecule has 0 aliphatic heterocycles. The van der Waals surface area contributed by atoms with Crippen LogP contribution in [0.5, 0.6) is 0 Å². The quantitative estimate of drug-likeness (QED) is 0.513. The second-order valence-corrected chi connectivity index (χ2v) is 2.65. The Hall–Kier alpha value is -1.69. The van der Waals surface area contributed by atoms with Crippen molar-refractivity contribution in [1.29, 1.82) is 0 Å².